The largest absolute Gasteiger partial charge is 0.496 e. The van der Waals surface area contributed by atoms with Crippen LogP contribution < -0.4 is 15.4 Å². The molecule has 0 fully saturated rings. The van der Waals surface area contributed by atoms with Crippen molar-refractivity contribution in [2.75, 3.05) is 13.7 Å². The second kappa shape index (κ2) is 10.6. The topological polar surface area (TPSA) is 71.7 Å². The van der Waals surface area contributed by atoms with Crippen LogP contribution in [0.1, 0.15) is 62.1 Å². The maximum atomic E-state index is 5.47. The molecule has 0 atom stereocenters. The molecule has 2 aromatic rings. The SMILES string of the molecule is CCNC(=NCc1ccc(C)c(OC)c1)NCc1cc(C(CC)CC)no1. The van der Waals surface area contributed by atoms with E-state index in [1.165, 1.54) is 0 Å². The Morgan fingerprint density at radius 3 is 2.63 bits per heavy atom. The number of benzene rings is 1. The van der Waals surface area contributed by atoms with Gasteiger partial charge in [0.15, 0.2) is 11.7 Å². The molecule has 148 valence electrons. The van der Waals surface area contributed by atoms with Crippen molar-refractivity contribution < 1.29 is 9.26 Å². The van der Waals surface area contributed by atoms with Crippen LogP contribution in [-0.4, -0.2) is 24.8 Å². The van der Waals surface area contributed by atoms with Crippen LogP contribution in [0.3, 0.4) is 0 Å². The molecule has 0 saturated carbocycles. The summed E-state index contributed by atoms with van der Waals surface area (Å²) in [7, 11) is 1.69. The van der Waals surface area contributed by atoms with Crippen molar-refractivity contribution in [3.63, 3.8) is 0 Å². The summed E-state index contributed by atoms with van der Waals surface area (Å²) in [5.74, 6) is 2.91. The second-order valence-electron chi connectivity index (χ2n) is 6.58. The molecule has 0 spiro atoms. The minimum atomic E-state index is 0.459. The van der Waals surface area contributed by atoms with E-state index in [0.717, 1.165) is 53.7 Å². The smallest absolute Gasteiger partial charge is 0.191 e. The first-order chi connectivity index (χ1) is 13.1. The predicted octanol–water partition coefficient (Wildman–Crippen LogP) is 4.15. The van der Waals surface area contributed by atoms with Crippen LogP contribution in [0.5, 0.6) is 5.75 Å². The zero-order chi connectivity index (χ0) is 19.6. The van der Waals surface area contributed by atoms with Crippen LogP contribution in [0.2, 0.25) is 0 Å². The summed E-state index contributed by atoms with van der Waals surface area (Å²) in [6.07, 6.45) is 2.14. The fraction of sp³-hybridized carbons (Fsp3) is 0.524. The van der Waals surface area contributed by atoms with Crippen LogP contribution in [0.15, 0.2) is 33.8 Å². The molecule has 1 heterocycles. The summed E-state index contributed by atoms with van der Waals surface area (Å²) in [5.41, 5.74) is 3.25. The summed E-state index contributed by atoms with van der Waals surface area (Å²) in [4.78, 5) is 4.65. The molecule has 0 amide bonds. The zero-order valence-electron chi connectivity index (χ0n) is 17.1. The summed E-state index contributed by atoms with van der Waals surface area (Å²) in [6, 6.07) is 8.20. The van der Waals surface area contributed by atoms with Crippen LogP contribution in [0.25, 0.3) is 0 Å². The van der Waals surface area contributed by atoms with Crippen molar-refractivity contribution in [1.29, 1.82) is 0 Å². The number of hydrogen-bond donors (Lipinski definition) is 2. The van der Waals surface area contributed by atoms with Crippen LogP contribution in [-0.2, 0) is 13.1 Å². The van der Waals surface area contributed by atoms with E-state index in [1.54, 1.807) is 7.11 Å². The van der Waals surface area contributed by atoms with E-state index in [1.807, 2.05) is 26.0 Å². The number of nitrogens with one attached hydrogen (secondary N) is 2. The molecule has 0 aliphatic heterocycles. The lowest BCUT2D eigenvalue weighted by molar-refractivity contribution is 0.368. The van der Waals surface area contributed by atoms with Gasteiger partial charge in [-0.1, -0.05) is 31.1 Å². The Balaban J connectivity index is 1.99. The lowest BCUT2D eigenvalue weighted by Crippen LogP contribution is -2.36. The van der Waals surface area contributed by atoms with Gasteiger partial charge in [0, 0.05) is 18.5 Å². The molecule has 6 heteroatoms. The number of aryl methyl sites for hydroxylation is 1. The van der Waals surface area contributed by atoms with Gasteiger partial charge in [-0.3, -0.25) is 0 Å². The van der Waals surface area contributed by atoms with E-state index in [-0.39, 0.29) is 0 Å². The fourth-order valence-electron chi connectivity index (χ4n) is 2.96. The molecule has 2 rings (SSSR count). The Kier molecular flexibility index (Phi) is 8.17. The number of aromatic nitrogens is 1. The normalized spacial score (nSPS) is 11.7. The van der Waals surface area contributed by atoms with Crippen molar-refractivity contribution in [1.82, 2.24) is 15.8 Å². The van der Waals surface area contributed by atoms with Crippen LogP contribution in [0, 0.1) is 6.92 Å². The highest BCUT2D eigenvalue weighted by atomic mass is 16.5. The van der Waals surface area contributed by atoms with Gasteiger partial charge >= 0.3 is 0 Å². The highest BCUT2D eigenvalue weighted by molar-refractivity contribution is 5.79. The lowest BCUT2D eigenvalue weighted by Gasteiger charge is -2.11. The molecule has 0 bridgehead atoms. The van der Waals surface area contributed by atoms with E-state index in [0.29, 0.717) is 19.0 Å². The maximum absolute atomic E-state index is 5.47. The number of rotatable bonds is 9. The summed E-state index contributed by atoms with van der Waals surface area (Å²) < 4.78 is 10.9. The first-order valence-electron chi connectivity index (χ1n) is 9.72. The Hall–Kier alpha value is -2.50. The van der Waals surface area contributed by atoms with Gasteiger partial charge < -0.3 is 19.9 Å². The van der Waals surface area contributed by atoms with Gasteiger partial charge in [-0.15, -0.1) is 0 Å². The molecule has 2 N–H and O–H groups in total. The number of ether oxygens (including phenoxy) is 1. The highest BCUT2D eigenvalue weighted by Gasteiger charge is 2.13. The van der Waals surface area contributed by atoms with E-state index in [9.17, 15) is 0 Å². The van der Waals surface area contributed by atoms with Crippen molar-refractivity contribution in [2.24, 2.45) is 4.99 Å². The van der Waals surface area contributed by atoms with Crippen LogP contribution in [0.4, 0.5) is 0 Å². The zero-order valence-corrected chi connectivity index (χ0v) is 17.1. The Bertz CT molecular complexity index is 736. The van der Waals surface area contributed by atoms with E-state index >= 15 is 0 Å². The van der Waals surface area contributed by atoms with Crippen molar-refractivity contribution in [3.8, 4) is 5.75 Å². The van der Waals surface area contributed by atoms with Gasteiger partial charge in [0.1, 0.15) is 5.75 Å². The Morgan fingerprint density at radius 1 is 1.19 bits per heavy atom. The fourth-order valence-corrected chi connectivity index (χ4v) is 2.96. The molecule has 6 nitrogen and oxygen atoms in total. The van der Waals surface area contributed by atoms with Gasteiger partial charge in [-0.25, -0.2) is 4.99 Å². The lowest BCUT2D eigenvalue weighted by atomic mass is 9.99. The van der Waals surface area contributed by atoms with Crippen LogP contribution >= 0.6 is 0 Å². The van der Waals surface area contributed by atoms with Gasteiger partial charge in [-0.2, -0.15) is 0 Å². The third-order valence-corrected chi connectivity index (χ3v) is 4.65. The monoisotopic (exact) mass is 372 g/mol. The van der Waals surface area contributed by atoms with Crippen molar-refractivity contribution >= 4 is 5.96 Å². The number of hydrogen-bond acceptors (Lipinski definition) is 4. The molecular weight excluding hydrogens is 340 g/mol. The third-order valence-electron chi connectivity index (χ3n) is 4.65. The first kappa shape index (κ1) is 20.8. The average Bonchev–Trinajstić information content (AvgIpc) is 3.15. The third kappa shape index (κ3) is 6.01. The number of aliphatic imine (C=N–C) groups is 1. The van der Waals surface area contributed by atoms with Gasteiger partial charge in [0.25, 0.3) is 0 Å². The molecule has 1 aromatic carbocycles. The molecule has 0 aliphatic carbocycles. The molecule has 0 saturated heterocycles. The molecular formula is C21H32N4O2. The Labute approximate surface area is 162 Å². The molecule has 0 aliphatic rings. The maximum Gasteiger partial charge on any atom is 0.191 e. The van der Waals surface area contributed by atoms with Gasteiger partial charge in [0.05, 0.1) is 25.9 Å². The van der Waals surface area contributed by atoms with Crippen molar-refractivity contribution in [2.45, 2.75) is 59.5 Å². The molecule has 27 heavy (non-hydrogen) atoms. The van der Waals surface area contributed by atoms with Gasteiger partial charge in [-0.05, 0) is 43.9 Å². The Morgan fingerprint density at radius 2 is 1.96 bits per heavy atom. The summed E-state index contributed by atoms with van der Waals surface area (Å²) in [6.45, 7) is 10.3. The van der Waals surface area contributed by atoms with E-state index in [2.05, 4.69) is 46.8 Å². The first-order valence-corrected chi connectivity index (χ1v) is 9.72. The summed E-state index contributed by atoms with van der Waals surface area (Å²) in [5, 5.41) is 10.8. The predicted molar refractivity (Wildman–Crippen MR) is 109 cm³/mol. The standard InChI is InChI=1S/C21H32N4O2/c1-6-17(7-2)19-12-18(27-25-19)14-24-21(22-8-3)23-13-16-10-9-15(4)20(11-16)26-5/h9-12,17H,6-8,13-14H2,1-5H3,(H2,22,23,24). The van der Waals surface area contributed by atoms with Gasteiger partial charge in [0.2, 0.25) is 0 Å². The molecule has 0 unspecified atom stereocenters. The number of guanidine groups is 1. The van der Waals surface area contributed by atoms with Crippen molar-refractivity contribution in [3.05, 3.63) is 46.8 Å². The quantitative estimate of drug-likeness (QED) is 0.511. The number of nitrogens with zero attached hydrogens (tertiary/aromatic N) is 2. The highest BCUT2D eigenvalue weighted by Crippen LogP contribution is 2.22. The van der Waals surface area contributed by atoms with E-state index in [4.69, 9.17) is 9.26 Å². The minimum Gasteiger partial charge on any atom is -0.496 e. The van der Waals surface area contributed by atoms with E-state index < -0.39 is 0 Å². The average molecular weight is 373 g/mol. The molecule has 1 aromatic heterocycles. The summed E-state index contributed by atoms with van der Waals surface area (Å²) >= 11 is 0. The molecule has 0 radical (unpaired) electrons. The second-order valence-corrected chi connectivity index (χ2v) is 6.58. The number of methoxy groups -OCH3 is 1. The minimum absolute atomic E-state index is 0.459.